The quantitative estimate of drug-likeness (QED) is 0.643. The molecule has 0 radical (unpaired) electrons. The van der Waals surface area contributed by atoms with Gasteiger partial charge in [0.1, 0.15) is 5.69 Å². The highest BCUT2D eigenvalue weighted by Gasteiger charge is 2.32. The van der Waals surface area contributed by atoms with Crippen LogP contribution in [0.2, 0.25) is 0 Å². The average Bonchev–Trinajstić information content (AvgIpc) is 3.20. The van der Waals surface area contributed by atoms with E-state index in [9.17, 15) is 10.1 Å². The molecule has 1 fully saturated rings. The van der Waals surface area contributed by atoms with Crippen molar-refractivity contribution in [2.24, 2.45) is 5.92 Å². The molecule has 1 saturated carbocycles. The first kappa shape index (κ1) is 12.8. The second kappa shape index (κ2) is 4.94. The summed E-state index contributed by atoms with van der Waals surface area (Å²) in [6.45, 7) is 1.92. The molecule has 0 spiro atoms. The minimum absolute atomic E-state index is 0.0663. The van der Waals surface area contributed by atoms with Gasteiger partial charge in [-0.15, -0.1) is 0 Å². The van der Waals surface area contributed by atoms with Crippen LogP contribution in [0.3, 0.4) is 0 Å². The third-order valence-electron chi connectivity index (χ3n) is 3.71. The SMILES string of the molecule is CC(C1CC1)N(C)c1ccc(CO)cc1[N+](=O)[O-]. The van der Waals surface area contributed by atoms with Gasteiger partial charge in [0.15, 0.2) is 0 Å². The fourth-order valence-electron chi connectivity index (χ4n) is 2.23. The molecule has 0 saturated heterocycles. The van der Waals surface area contributed by atoms with Crippen LogP contribution in [-0.4, -0.2) is 23.1 Å². The molecule has 5 heteroatoms. The highest BCUT2D eigenvalue weighted by atomic mass is 16.6. The zero-order valence-electron chi connectivity index (χ0n) is 10.7. The lowest BCUT2D eigenvalue weighted by Crippen LogP contribution is -2.31. The van der Waals surface area contributed by atoms with Crippen LogP contribution in [0.15, 0.2) is 18.2 Å². The maximum absolute atomic E-state index is 11.1. The van der Waals surface area contributed by atoms with Crippen molar-refractivity contribution in [2.75, 3.05) is 11.9 Å². The molecular formula is C13H18N2O3. The highest BCUT2D eigenvalue weighted by molar-refractivity contribution is 5.64. The molecule has 1 aromatic carbocycles. The van der Waals surface area contributed by atoms with Gasteiger partial charge in [-0.3, -0.25) is 10.1 Å². The number of nitro benzene ring substituents is 1. The second-order valence-corrected chi connectivity index (χ2v) is 4.93. The van der Waals surface area contributed by atoms with Gasteiger partial charge < -0.3 is 10.0 Å². The van der Waals surface area contributed by atoms with Crippen molar-refractivity contribution in [1.29, 1.82) is 0 Å². The van der Waals surface area contributed by atoms with Crippen molar-refractivity contribution in [3.05, 3.63) is 33.9 Å². The van der Waals surface area contributed by atoms with E-state index in [1.807, 2.05) is 11.9 Å². The number of nitrogens with zero attached hydrogens (tertiary/aromatic N) is 2. The fourth-order valence-corrected chi connectivity index (χ4v) is 2.23. The number of rotatable bonds is 5. The molecule has 2 rings (SSSR count). The van der Waals surface area contributed by atoms with Crippen LogP contribution in [0.4, 0.5) is 11.4 Å². The highest BCUT2D eigenvalue weighted by Crippen LogP contribution is 2.38. The van der Waals surface area contributed by atoms with E-state index in [4.69, 9.17) is 5.11 Å². The first-order chi connectivity index (χ1) is 8.54. The van der Waals surface area contributed by atoms with Gasteiger partial charge in [-0.05, 0) is 37.3 Å². The van der Waals surface area contributed by atoms with Gasteiger partial charge in [-0.25, -0.2) is 0 Å². The van der Waals surface area contributed by atoms with Gasteiger partial charge in [0.25, 0.3) is 5.69 Å². The molecule has 0 bridgehead atoms. The molecule has 1 aliphatic rings. The molecule has 0 amide bonds. The average molecular weight is 250 g/mol. The smallest absolute Gasteiger partial charge is 0.292 e. The largest absolute Gasteiger partial charge is 0.392 e. The molecule has 1 aromatic rings. The molecule has 1 atom stereocenters. The Bertz CT molecular complexity index is 458. The number of benzene rings is 1. The van der Waals surface area contributed by atoms with Crippen LogP contribution < -0.4 is 4.90 Å². The van der Waals surface area contributed by atoms with Crippen molar-refractivity contribution in [3.63, 3.8) is 0 Å². The lowest BCUT2D eigenvalue weighted by atomic mass is 10.1. The molecule has 98 valence electrons. The Hall–Kier alpha value is -1.62. The Labute approximate surface area is 106 Å². The van der Waals surface area contributed by atoms with E-state index >= 15 is 0 Å². The minimum atomic E-state index is -0.384. The lowest BCUT2D eigenvalue weighted by molar-refractivity contribution is -0.384. The van der Waals surface area contributed by atoms with Crippen molar-refractivity contribution in [1.82, 2.24) is 0 Å². The summed E-state index contributed by atoms with van der Waals surface area (Å²) in [6.07, 6.45) is 2.40. The van der Waals surface area contributed by atoms with Gasteiger partial charge in [-0.1, -0.05) is 6.07 Å². The van der Waals surface area contributed by atoms with E-state index in [0.717, 1.165) is 0 Å². The Morgan fingerprint density at radius 2 is 2.22 bits per heavy atom. The minimum Gasteiger partial charge on any atom is -0.392 e. The van der Waals surface area contributed by atoms with E-state index < -0.39 is 0 Å². The predicted octanol–water partition coefficient (Wildman–Crippen LogP) is 2.32. The molecule has 0 aromatic heterocycles. The van der Waals surface area contributed by atoms with Gasteiger partial charge in [-0.2, -0.15) is 0 Å². The number of anilines is 1. The Kier molecular flexibility index (Phi) is 3.52. The van der Waals surface area contributed by atoms with Crippen molar-refractivity contribution < 1.29 is 10.0 Å². The number of aliphatic hydroxyl groups is 1. The van der Waals surface area contributed by atoms with Crippen LogP contribution >= 0.6 is 0 Å². The summed E-state index contributed by atoms with van der Waals surface area (Å²) in [4.78, 5) is 12.7. The molecule has 0 heterocycles. The molecule has 18 heavy (non-hydrogen) atoms. The third-order valence-corrected chi connectivity index (χ3v) is 3.71. The summed E-state index contributed by atoms with van der Waals surface area (Å²) in [5, 5.41) is 20.1. The fraction of sp³-hybridized carbons (Fsp3) is 0.538. The molecule has 1 aliphatic carbocycles. The summed E-state index contributed by atoms with van der Waals surface area (Å²) in [6, 6.07) is 5.22. The maximum atomic E-state index is 11.1. The van der Waals surface area contributed by atoms with E-state index in [-0.39, 0.29) is 17.2 Å². The third kappa shape index (κ3) is 2.46. The Morgan fingerprint density at radius 3 is 2.72 bits per heavy atom. The Morgan fingerprint density at radius 1 is 1.56 bits per heavy atom. The summed E-state index contributed by atoms with van der Waals surface area (Å²) in [5.74, 6) is 0.645. The maximum Gasteiger partial charge on any atom is 0.292 e. The van der Waals surface area contributed by atoms with Gasteiger partial charge in [0.2, 0.25) is 0 Å². The molecule has 5 nitrogen and oxygen atoms in total. The standard InChI is InChI=1S/C13H18N2O3/c1-9(11-4-5-11)14(2)12-6-3-10(8-16)7-13(12)15(17)18/h3,6-7,9,11,16H,4-5,8H2,1-2H3. The summed E-state index contributed by atoms with van der Waals surface area (Å²) in [7, 11) is 1.89. The molecule has 1 unspecified atom stereocenters. The molecule has 1 N–H and O–H groups in total. The van der Waals surface area contributed by atoms with E-state index in [2.05, 4.69) is 6.92 Å². The second-order valence-electron chi connectivity index (χ2n) is 4.93. The lowest BCUT2D eigenvalue weighted by Gasteiger charge is -2.26. The number of hydrogen-bond donors (Lipinski definition) is 1. The van der Waals surface area contributed by atoms with E-state index in [1.165, 1.54) is 18.9 Å². The van der Waals surface area contributed by atoms with Gasteiger partial charge >= 0.3 is 0 Å². The van der Waals surface area contributed by atoms with Crippen LogP contribution in [-0.2, 0) is 6.61 Å². The van der Waals surface area contributed by atoms with Crippen molar-refractivity contribution in [3.8, 4) is 0 Å². The number of nitro groups is 1. The summed E-state index contributed by atoms with van der Waals surface area (Å²) >= 11 is 0. The topological polar surface area (TPSA) is 66.6 Å². The van der Waals surface area contributed by atoms with Crippen LogP contribution in [0.5, 0.6) is 0 Å². The van der Waals surface area contributed by atoms with Gasteiger partial charge in [0.05, 0.1) is 11.5 Å². The van der Waals surface area contributed by atoms with Crippen molar-refractivity contribution in [2.45, 2.75) is 32.4 Å². The number of hydrogen-bond acceptors (Lipinski definition) is 4. The monoisotopic (exact) mass is 250 g/mol. The van der Waals surface area contributed by atoms with Crippen LogP contribution in [0.1, 0.15) is 25.3 Å². The summed E-state index contributed by atoms with van der Waals surface area (Å²) in [5.41, 5.74) is 1.26. The van der Waals surface area contributed by atoms with Gasteiger partial charge in [0, 0.05) is 19.2 Å². The molecular weight excluding hydrogens is 232 g/mol. The van der Waals surface area contributed by atoms with Crippen molar-refractivity contribution >= 4 is 11.4 Å². The molecule has 0 aliphatic heterocycles. The zero-order valence-corrected chi connectivity index (χ0v) is 10.7. The zero-order chi connectivity index (χ0) is 13.3. The summed E-state index contributed by atoms with van der Waals surface area (Å²) < 4.78 is 0. The number of aliphatic hydroxyl groups excluding tert-OH is 1. The predicted molar refractivity (Wildman–Crippen MR) is 69.6 cm³/mol. The van der Waals surface area contributed by atoms with Crippen LogP contribution in [0.25, 0.3) is 0 Å². The first-order valence-corrected chi connectivity index (χ1v) is 6.15. The van der Waals surface area contributed by atoms with Crippen LogP contribution in [0, 0.1) is 16.0 Å². The first-order valence-electron chi connectivity index (χ1n) is 6.15. The Balaban J connectivity index is 2.33. The van der Waals surface area contributed by atoms with E-state index in [1.54, 1.807) is 12.1 Å². The normalized spacial score (nSPS) is 16.4. The van der Waals surface area contributed by atoms with E-state index in [0.29, 0.717) is 23.2 Å².